The highest BCUT2D eigenvalue weighted by Crippen LogP contribution is 2.16. The minimum Gasteiger partial charge on any atom is -0.464 e. The lowest BCUT2D eigenvalue weighted by Gasteiger charge is -2.20. The quantitative estimate of drug-likeness (QED) is 0.347. The first kappa shape index (κ1) is 24.4. The van der Waals surface area contributed by atoms with Gasteiger partial charge in [-0.3, -0.25) is 4.99 Å². The third kappa shape index (κ3) is 7.69. The zero-order valence-corrected chi connectivity index (χ0v) is 20.0. The molecule has 0 aliphatic heterocycles. The fraction of sp³-hybridized carbons (Fsp3) is 0.310. The molecule has 3 aromatic rings. The van der Waals surface area contributed by atoms with Crippen molar-refractivity contribution in [3.8, 4) is 0 Å². The summed E-state index contributed by atoms with van der Waals surface area (Å²) in [6.07, 6.45) is 0.481. The number of hydrogen-bond donors (Lipinski definition) is 1. The summed E-state index contributed by atoms with van der Waals surface area (Å²) >= 11 is 0. The summed E-state index contributed by atoms with van der Waals surface area (Å²) < 4.78 is 5.39. The number of ether oxygens (including phenoxy) is 1. The molecule has 3 rings (SSSR count). The van der Waals surface area contributed by atoms with Crippen molar-refractivity contribution in [1.82, 2.24) is 5.32 Å². The summed E-state index contributed by atoms with van der Waals surface area (Å²) in [7, 11) is 0. The first-order valence-corrected chi connectivity index (χ1v) is 11.5. The van der Waals surface area contributed by atoms with Gasteiger partial charge in [-0.2, -0.15) is 0 Å². The van der Waals surface area contributed by atoms with E-state index in [-0.39, 0.29) is 11.5 Å². The molecular weight excluding hydrogens is 408 g/mol. The lowest BCUT2D eigenvalue weighted by atomic mass is 10.00. The molecule has 3 aromatic carbocycles. The molecule has 0 saturated carbocycles. The van der Waals surface area contributed by atoms with Crippen LogP contribution in [0.25, 0.3) is 0 Å². The molecule has 172 valence electrons. The monoisotopic (exact) mass is 442 g/mol. The van der Waals surface area contributed by atoms with Gasteiger partial charge in [-0.05, 0) is 38.8 Å². The Labute approximate surface area is 197 Å². The maximum Gasteiger partial charge on any atom is 0.331 e. The summed E-state index contributed by atoms with van der Waals surface area (Å²) in [6.45, 7) is 9.41. The van der Waals surface area contributed by atoms with Gasteiger partial charge >= 0.3 is 5.97 Å². The molecule has 0 aromatic heterocycles. The highest BCUT2D eigenvalue weighted by molar-refractivity contribution is 6.13. The third-order valence-corrected chi connectivity index (χ3v) is 5.21. The second kappa shape index (κ2) is 11.6. The van der Waals surface area contributed by atoms with Crippen molar-refractivity contribution in [2.45, 2.75) is 52.2 Å². The average molecular weight is 443 g/mol. The number of esters is 1. The lowest BCUT2D eigenvalue weighted by Crippen LogP contribution is -2.35. The molecule has 0 amide bonds. The van der Waals surface area contributed by atoms with Gasteiger partial charge in [0.1, 0.15) is 0 Å². The van der Waals surface area contributed by atoms with Crippen LogP contribution in [0.4, 0.5) is 0 Å². The fourth-order valence-electron chi connectivity index (χ4n) is 3.47. The van der Waals surface area contributed by atoms with Gasteiger partial charge in [-0.15, -0.1) is 0 Å². The van der Waals surface area contributed by atoms with Crippen LogP contribution in [-0.2, 0) is 22.5 Å². The molecule has 0 fully saturated rings. The fourth-order valence-corrected chi connectivity index (χ4v) is 3.47. The second-order valence-electron chi connectivity index (χ2n) is 9.10. The maximum atomic E-state index is 12.9. The Kier molecular flexibility index (Phi) is 8.56. The van der Waals surface area contributed by atoms with E-state index in [1.807, 2.05) is 67.6 Å². The topological polar surface area (TPSA) is 50.7 Å². The number of benzene rings is 3. The Hall–Kier alpha value is -3.24. The van der Waals surface area contributed by atoms with Crippen LogP contribution in [0.1, 0.15) is 49.9 Å². The normalized spacial score (nSPS) is 12.1. The van der Waals surface area contributed by atoms with E-state index in [0.717, 1.165) is 28.9 Å². The molecule has 0 radical (unpaired) electrons. The molecule has 1 unspecified atom stereocenters. The smallest absolute Gasteiger partial charge is 0.331 e. The van der Waals surface area contributed by atoms with Crippen LogP contribution < -0.4 is 5.32 Å². The Morgan fingerprint density at radius 2 is 1.36 bits per heavy atom. The van der Waals surface area contributed by atoms with Gasteiger partial charge in [0.25, 0.3) is 0 Å². The van der Waals surface area contributed by atoms with E-state index in [2.05, 4.69) is 50.4 Å². The minimum atomic E-state index is -0.626. The van der Waals surface area contributed by atoms with E-state index in [1.54, 1.807) is 0 Å². The van der Waals surface area contributed by atoms with E-state index >= 15 is 0 Å². The molecule has 1 N–H and O–H groups in total. The number of aliphatic imine (C=N–C) groups is 1. The summed E-state index contributed by atoms with van der Waals surface area (Å²) in [5.41, 5.74) is 5.06. The SMILES string of the molecule is CCOC(=O)C(Cc1ccc(CNC(C)(C)C)cc1)N=C(c1ccccc1)c1ccccc1. The molecule has 0 bridgehead atoms. The van der Waals surface area contributed by atoms with Crippen molar-refractivity contribution in [2.75, 3.05) is 6.61 Å². The molecule has 1 atom stereocenters. The third-order valence-electron chi connectivity index (χ3n) is 5.21. The summed E-state index contributed by atoms with van der Waals surface area (Å²) in [5.74, 6) is -0.305. The second-order valence-corrected chi connectivity index (χ2v) is 9.10. The van der Waals surface area contributed by atoms with Crippen LogP contribution >= 0.6 is 0 Å². The van der Waals surface area contributed by atoms with Crippen molar-refractivity contribution in [3.05, 3.63) is 107 Å². The van der Waals surface area contributed by atoms with Gasteiger partial charge in [-0.25, -0.2) is 4.79 Å². The first-order valence-electron chi connectivity index (χ1n) is 11.5. The van der Waals surface area contributed by atoms with Crippen LogP contribution in [0, 0.1) is 0 Å². The van der Waals surface area contributed by atoms with Gasteiger partial charge in [0.15, 0.2) is 6.04 Å². The predicted molar refractivity (Wildman–Crippen MR) is 136 cm³/mol. The Morgan fingerprint density at radius 3 is 1.85 bits per heavy atom. The standard InChI is InChI=1S/C29H34N2O2/c1-5-33-28(32)26(20-22-16-18-23(19-17-22)21-30-29(2,3)4)31-27(24-12-8-6-9-13-24)25-14-10-7-11-15-25/h6-19,26,30H,5,20-21H2,1-4H3. The minimum absolute atomic E-state index is 0.0632. The average Bonchev–Trinajstić information content (AvgIpc) is 2.82. The lowest BCUT2D eigenvalue weighted by molar-refractivity contribution is -0.144. The van der Waals surface area contributed by atoms with Crippen molar-refractivity contribution in [1.29, 1.82) is 0 Å². The van der Waals surface area contributed by atoms with Gasteiger partial charge < -0.3 is 10.1 Å². The molecule has 0 spiro atoms. The van der Waals surface area contributed by atoms with Gasteiger partial charge in [0.2, 0.25) is 0 Å². The number of carbonyl (C=O) groups is 1. The molecular formula is C29H34N2O2. The van der Waals surface area contributed by atoms with Crippen LogP contribution in [0.2, 0.25) is 0 Å². The molecule has 0 aliphatic carbocycles. The molecule has 4 nitrogen and oxygen atoms in total. The summed E-state index contributed by atoms with van der Waals surface area (Å²) in [4.78, 5) is 17.8. The first-order chi connectivity index (χ1) is 15.9. The van der Waals surface area contributed by atoms with Crippen molar-refractivity contribution >= 4 is 11.7 Å². The predicted octanol–water partition coefficient (Wildman–Crippen LogP) is 5.59. The number of nitrogens with one attached hydrogen (secondary N) is 1. The van der Waals surface area contributed by atoms with Gasteiger partial charge in [0.05, 0.1) is 12.3 Å². The van der Waals surface area contributed by atoms with Gasteiger partial charge in [0, 0.05) is 29.6 Å². The van der Waals surface area contributed by atoms with E-state index in [4.69, 9.17) is 9.73 Å². The summed E-state index contributed by atoms with van der Waals surface area (Å²) in [6, 6.07) is 27.7. The molecule has 0 saturated heterocycles. The van der Waals surface area contributed by atoms with E-state index in [1.165, 1.54) is 5.56 Å². The highest BCUT2D eigenvalue weighted by atomic mass is 16.5. The van der Waals surface area contributed by atoms with Crippen molar-refractivity contribution < 1.29 is 9.53 Å². The van der Waals surface area contributed by atoms with Crippen LogP contribution in [0.15, 0.2) is 89.9 Å². The van der Waals surface area contributed by atoms with E-state index in [9.17, 15) is 4.79 Å². The number of hydrogen-bond acceptors (Lipinski definition) is 4. The zero-order valence-electron chi connectivity index (χ0n) is 20.0. The zero-order chi connectivity index (χ0) is 23.7. The molecule has 0 heterocycles. The van der Waals surface area contributed by atoms with Crippen molar-refractivity contribution in [2.24, 2.45) is 4.99 Å². The van der Waals surface area contributed by atoms with E-state index in [0.29, 0.717) is 13.0 Å². The Morgan fingerprint density at radius 1 is 0.848 bits per heavy atom. The maximum absolute atomic E-state index is 12.9. The van der Waals surface area contributed by atoms with Crippen LogP contribution in [0.3, 0.4) is 0 Å². The molecule has 4 heteroatoms. The van der Waals surface area contributed by atoms with Crippen LogP contribution in [0.5, 0.6) is 0 Å². The Bertz CT molecular complexity index is 995. The largest absolute Gasteiger partial charge is 0.464 e. The summed E-state index contributed by atoms with van der Waals surface area (Å²) in [5, 5.41) is 3.50. The number of rotatable bonds is 9. The number of carbonyl (C=O) groups excluding carboxylic acids is 1. The van der Waals surface area contributed by atoms with Crippen LogP contribution in [-0.4, -0.2) is 29.9 Å². The molecule has 0 aliphatic rings. The highest BCUT2D eigenvalue weighted by Gasteiger charge is 2.21. The number of nitrogens with zero attached hydrogens (tertiary/aromatic N) is 1. The molecule has 33 heavy (non-hydrogen) atoms. The van der Waals surface area contributed by atoms with Gasteiger partial charge in [-0.1, -0.05) is 84.9 Å². The van der Waals surface area contributed by atoms with E-state index < -0.39 is 6.04 Å². The Balaban J connectivity index is 1.90. The van der Waals surface area contributed by atoms with Crippen molar-refractivity contribution in [3.63, 3.8) is 0 Å².